The molecule has 0 heterocycles. The van der Waals surface area contributed by atoms with E-state index in [1.165, 1.54) is 32.1 Å². The van der Waals surface area contributed by atoms with Crippen LogP contribution in [-0.2, 0) is 6.54 Å². The van der Waals surface area contributed by atoms with E-state index >= 15 is 0 Å². The van der Waals surface area contributed by atoms with Gasteiger partial charge in [0.05, 0.1) is 9.50 Å². The first kappa shape index (κ1) is 14.2. The minimum absolute atomic E-state index is 0.126. The second-order valence-electron chi connectivity index (χ2n) is 5.12. The summed E-state index contributed by atoms with van der Waals surface area (Å²) in [6.07, 6.45) is 6.65. The number of rotatable bonds is 3. The Kier molecular flexibility index (Phi) is 4.93. The summed E-state index contributed by atoms with van der Waals surface area (Å²) >= 11 is 9.32. The van der Waals surface area contributed by atoms with Crippen LogP contribution in [-0.4, -0.2) is 23.1 Å². The van der Waals surface area contributed by atoms with Gasteiger partial charge in [0.1, 0.15) is 5.75 Å². The molecule has 1 N–H and O–H groups in total. The van der Waals surface area contributed by atoms with Crippen molar-refractivity contribution in [2.75, 3.05) is 7.05 Å². The van der Waals surface area contributed by atoms with Crippen LogP contribution in [0.3, 0.4) is 0 Å². The maximum absolute atomic E-state index is 9.62. The number of aromatic hydroxyl groups is 1. The van der Waals surface area contributed by atoms with Crippen molar-refractivity contribution in [2.24, 2.45) is 0 Å². The van der Waals surface area contributed by atoms with Crippen molar-refractivity contribution in [1.82, 2.24) is 4.90 Å². The van der Waals surface area contributed by atoms with Crippen LogP contribution in [0.4, 0.5) is 0 Å². The third-order valence-corrected chi connectivity index (χ3v) is 4.60. The molecule has 4 heteroatoms. The zero-order valence-corrected chi connectivity index (χ0v) is 13.0. The summed E-state index contributed by atoms with van der Waals surface area (Å²) in [5, 5.41) is 10.0. The van der Waals surface area contributed by atoms with E-state index in [0.29, 0.717) is 15.5 Å². The van der Waals surface area contributed by atoms with Gasteiger partial charge in [-0.05, 0) is 53.5 Å². The summed E-state index contributed by atoms with van der Waals surface area (Å²) in [6.45, 7) is 0.878. The average Bonchev–Trinajstić information content (AvgIpc) is 2.37. The van der Waals surface area contributed by atoms with Crippen LogP contribution < -0.4 is 0 Å². The molecule has 1 aromatic rings. The molecule has 0 aliphatic heterocycles. The molecule has 2 rings (SSSR count). The number of nitrogens with zero attached hydrogens (tertiary/aromatic N) is 1. The molecule has 0 spiro atoms. The van der Waals surface area contributed by atoms with E-state index in [0.717, 1.165) is 12.1 Å². The summed E-state index contributed by atoms with van der Waals surface area (Å²) < 4.78 is 0.669. The number of phenolic OH excluding ortho intramolecular Hbond substituents is 1. The quantitative estimate of drug-likeness (QED) is 0.876. The predicted molar refractivity (Wildman–Crippen MR) is 79.2 cm³/mol. The highest BCUT2D eigenvalue weighted by atomic mass is 79.9. The minimum Gasteiger partial charge on any atom is -0.505 e. The molecule has 1 fully saturated rings. The molecule has 100 valence electrons. The molecule has 0 amide bonds. The normalized spacial score (nSPS) is 17.3. The maximum Gasteiger partial charge on any atom is 0.148 e. The number of hydrogen-bond donors (Lipinski definition) is 1. The van der Waals surface area contributed by atoms with Crippen molar-refractivity contribution >= 4 is 27.5 Å². The van der Waals surface area contributed by atoms with Crippen LogP contribution in [0.25, 0.3) is 0 Å². The van der Waals surface area contributed by atoms with Crippen molar-refractivity contribution in [3.8, 4) is 5.75 Å². The molecule has 0 unspecified atom stereocenters. The third kappa shape index (κ3) is 3.40. The van der Waals surface area contributed by atoms with E-state index < -0.39 is 0 Å². The molecule has 0 saturated heterocycles. The molecule has 18 heavy (non-hydrogen) atoms. The Balaban J connectivity index is 2.04. The highest BCUT2D eigenvalue weighted by molar-refractivity contribution is 9.10. The van der Waals surface area contributed by atoms with Crippen molar-refractivity contribution in [2.45, 2.75) is 44.7 Å². The Morgan fingerprint density at radius 3 is 2.61 bits per heavy atom. The largest absolute Gasteiger partial charge is 0.505 e. The first-order valence-electron chi connectivity index (χ1n) is 6.45. The van der Waals surface area contributed by atoms with Crippen molar-refractivity contribution < 1.29 is 5.11 Å². The van der Waals surface area contributed by atoms with Gasteiger partial charge in [0.25, 0.3) is 0 Å². The molecule has 2 nitrogen and oxygen atoms in total. The van der Waals surface area contributed by atoms with E-state index in [1.807, 2.05) is 12.1 Å². The third-order valence-electron chi connectivity index (χ3n) is 3.71. The van der Waals surface area contributed by atoms with E-state index in [2.05, 4.69) is 27.9 Å². The van der Waals surface area contributed by atoms with Crippen molar-refractivity contribution in [1.29, 1.82) is 0 Å². The molecule has 0 aromatic heterocycles. The Labute approximate surface area is 122 Å². The van der Waals surface area contributed by atoms with Gasteiger partial charge in [0.2, 0.25) is 0 Å². The molecule has 1 aliphatic carbocycles. The first-order chi connectivity index (χ1) is 8.58. The maximum atomic E-state index is 9.62. The Hall–Kier alpha value is -0.250. The molecule has 1 saturated carbocycles. The van der Waals surface area contributed by atoms with Gasteiger partial charge in [0, 0.05) is 12.6 Å². The van der Waals surface area contributed by atoms with Crippen LogP contribution in [0.1, 0.15) is 37.7 Å². The zero-order chi connectivity index (χ0) is 13.1. The SMILES string of the molecule is CN(Cc1cc(Cl)c(O)c(Br)c1)C1CCCCC1. The topological polar surface area (TPSA) is 23.5 Å². The van der Waals surface area contributed by atoms with Gasteiger partial charge < -0.3 is 5.11 Å². The minimum atomic E-state index is 0.126. The fourth-order valence-corrected chi connectivity index (χ4v) is 3.51. The number of halogens is 2. The van der Waals surface area contributed by atoms with Crippen LogP contribution in [0.2, 0.25) is 5.02 Å². The van der Waals surface area contributed by atoms with Gasteiger partial charge in [-0.25, -0.2) is 0 Å². The Bertz CT molecular complexity index is 395. The van der Waals surface area contributed by atoms with Gasteiger partial charge in [-0.2, -0.15) is 0 Å². The highest BCUT2D eigenvalue weighted by Gasteiger charge is 2.18. The molecular formula is C14H19BrClNO. The van der Waals surface area contributed by atoms with E-state index in [-0.39, 0.29) is 5.75 Å². The smallest absolute Gasteiger partial charge is 0.148 e. The molecule has 0 bridgehead atoms. The second kappa shape index (κ2) is 6.27. The number of hydrogen-bond acceptors (Lipinski definition) is 2. The first-order valence-corrected chi connectivity index (χ1v) is 7.62. The number of benzene rings is 1. The molecule has 1 aromatic carbocycles. The van der Waals surface area contributed by atoms with E-state index in [4.69, 9.17) is 11.6 Å². The number of phenols is 1. The summed E-state index contributed by atoms with van der Waals surface area (Å²) in [5.41, 5.74) is 1.14. The molecule has 0 radical (unpaired) electrons. The fourth-order valence-electron chi connectivity index (χ4n) is 2.65. The van der Waals surface area contributed by atoms with E-state index in [9.17, 15) is 5.11 Å². The second-order valence-corrected chi connectivity index (χ2v) is 6.38. The summed E-state index contributed by atoms with van der Waals surface area (Å²) in [5.74, 6) is 0.126. The lowest BCUT2D eigenvalue weighted by Gasteiger charge is -2.31. The average molecular weight is 333 g/mol. The van der Waals surface area contributed by atoms with Crippen LogP contribution >= 0.6 is 27.5 Å². The molecular weight excluding hydrogens is 314 g/mol. The van der Waals surface area contributed by atoms with Crippen molar-refractivity contribution in [3.05, 3.63) is 27.2 Å². The van der Waals surface area contributed by atoms with Crippen LogP contribution in [0, 0.1) is 0 Å². The van der Waals surface area contributed by atoms with Gasteiger partial charge >= 0.3 is 0 Å². The molecule has 1 aliphatic rings. The van der Waals surface area contributed by atoms with E-state index in [1.54, 1.807) is 0 Å². The van der Waals surface area contributed by atoms with Gasteiger partial charge in [-0.1, -0.05) is 30.9 Å². The lowest BCUT2D eigenvalue weighted by atomic mass is 9.94. The lowest BCUT2D eigenvalue weighted by molar-refractivity contribution is 0.184. The predicted octanol–water partition coefficient (Wildman–Crippen LogP) is 4.57. The summed E-state index contributed by atoms with van der Waals surface area (Å²) in [4.78, 5) is 2.40. The summed E-state index contributed by atoms with van der Waals surface area (Å²) in [6, 6.07) is 4.48. The van der Waals surface area contributed by atoms with Crippen molar-refractivity contribution in [3.63, 3.8) is 0 Å². The summed E-state index contributed by atoms with van der Waals surface area (Å²) in [7, 11) is 2.17. The van der Waals surface area contributed by atoms with Crippen LogP contribution in [0.15, 0.2) is 16.6 Å². The Morgan fingerprint density at radius 1 is 1.33 bits per heavy atom. The fraction of sp³-hybridized carbons (Fsp3) is 0.571. The molecule has 0 atom stereocenters. The monoisotopic (exact) mass is 331 g/mol. The van der Waals surface area contributed by atoms with Gasteiger partial charge in [0.15, 0.2) is 0 Å². The van der Waals surface area contributed by atoms with Gasteiger partial charge in [-0.3, -0.25) is 4.90 Å². The lowest BCUT2D eigenvalue weighted by Crippen LogP contribution is -2.32. The standard InChI is InChI=1S/C14H19BrClNO/c1-17(11-5-3-2-4-6-11)9-10-7-12(15)14(18)13(16)8-10/h7-8,11,18H,2-6,9H2,1H3. The highest BCUT2D eigenvalue weighted by Crippen LogP contribution is 2.33. The Morgan fingerprint density at radius 2 is 2.00 bits per heavy atom. The zero-order valence-electron chi connectivity index (χ0n) is 10.6. The van der Waals surface area contributed by atoms with Crippen LogP contribution in [0.5, 0.6) is 5.75 Å². The van der Waals surface area contributed by atoms with Gasteiger partial charge in [-0.15, -0.1) is 0 Å².